The minimum atomic E-state index is -2.89. The van der Waals surface area contributed by atoms with E-state index in [0.717, 1.165) is 37.1 Å². The number of ether oxygens (including phenoxy) is 1. The van der Waals surface area contributed by atoms with Crippen LogP contribution in [0.25, 0.3) is 0 Å². The number of fused-ring (bicyclic) bond motifs is 1. The summed E-state index contributed by atoms with van der Waals surface area (Å²) >= 11 is 0. The van der Waals surface area contributed by atoms with Crippen molar-refractivity contribution in [3.8, 4) is 11.5 Å². The van der Waals surface area contributed by atoms with Crippen LogP contribution >= 0.6 is 0 Å². The van der Waals surface area contributed by atoms with Gasteiger partial charge in [-0.3, -0.25) is 0 Å². The van der Waals surface area contributed by atoms with Gasteiger partial charge in [-0.1, -0.05) is 12.5 Å². The van der Waals surface area contributed by atoms with Crippen LogP contribution in [0.15, 0.2) is 12.1 Å². The lowest BCUT2D eigenvalue weighted by Gasteiger charge is -2.30. The third-order valence-corrected chi connectivity index (χ3v) is 5.83. The third-order valence-electron chi connectivity index (χ3n) is 4.53. The molecule has 3 rings (SSSR count). The number of nitrogens with zero attached hydrogens (tertiary/aromatic N) is 1. The van der Waals surface area contributed by atoms with Gasteiger partial charge in [0.05, 0.1) is 18.5 Å². The van der Waals surface area contributed by atoms with Crippen molar-refractivity contribution in [3.63, 3.8) is 0 Å². The van der Waals surface area contributed by atoms with Gasteiger partial charge in [0.15, 0.2) is 11.5 Å². The quantitative estimate of drug-likeness (QED) is 0.678. The highest BCUT2D eigenvalue weighted by Crippen LogP contribution is 2.39. The number of phenolic OH excluding ortho intramolecular Hbond substituents is 2. The van der Waals surface area contributed by atoms with Crippen LogP contribution in [0.5, 0.6) is 11.5 Å². The van der Waals surface area contributed by atoms with Crippen LogP contribution in [0.4, 0.5) is 0 Å². The van der Waals surface area contributed by atoms with Crippen molar-refractivity contribution in [1.82, 2.24) is 4.31 Å². The van der Waals surface area contributed by atoms with Gasteiger partial charge in [-0.25, -0.2) is 12.7 Å². The number of sulfonamides is 1. The van der Waals surface area contributed by atoms with E-state index in [2.05, 4.69) is 0 Å². The Hall–Kier alpha value is -1.35. The van der Waals surface area contributed by atoms with Crippen molar-refractivity contribution >= 4 is 10.0 Å². The molecular weight excluding hydrogens is 344 g/mol. The Balaban J connectivity index is 0.000000196. The Morgan fingerprint density at radius 1 is 1.24 bits per heavy atom. The highest BCUT2D eigenvalue weighted by Gasteiger charge is 2.27. The zero-order chi connectivity index (χ0) is 18.6. The van der Waals surface area contributed by atoms with Gasteiger partial charge in [0.1, 0.15) is 0 Å². The summed E-state index contributed by atoms with van der Waals surface area (Å²) < 4.78 is 29.0. The molecule has 2 aliphatic rings. The van der Waals surface area contributed by atoms with E-state index in [4.69, 9.17) is 10.5 Å². The minimum absolute atomic E-state index is 0.0127. The van der Waals surface area contributed by atoms with E-state index in [1.807, 2.05) is 6.92 Å². The predicted molar refractivity (Wildman–Crippen MR) is 96.1 cm³/mol. The van der Waals surface area contributed by atoms with Crippen LogP contribution < -0.4 is 5.73 Å². The molecule has 7 nitrogen and oxygen atoms in total. The fourth-order valence-electron chi connectivity index (χ4n) is 3.22. The Kier molecular flexibility index (Phi) is 6.67. The number of hydrogen-bond acceptors (Lipinski definition) is 6. The number of benzene rings is 1. The molecule has 2 unspecified atom stereocenters. The van der Waals surface area contributed by atoms with Crippen LogP contribution in [0.3, 0.4) is 0 Å². The summed E-state index contributed by atoms with van der Waals surface area (Å²) in [4.78, 5) is 0. The summed E-state index contributed by atoms with van der Waals surface area (Å²) in [6.45, 7) is 3.74. The molecule has 2 heterocycles. The second-order valence-electron chi connectivity index (χ2n) is 6.60. The average Bonchev–Trinajstić information content (AvgIpc) is 2.58. The van der Waals surface area contributed by atoms with E-state index in [9.17, 15) is 18.6 Å². The van der Waals surface area contributed by atoms with Crippen molar-refractivity contribution < 1.29 is 23.4 Å². The van der Waals surface area contributed by atoms with Crippen molar-refractivity contribution in [1.29, 1.82) is 0 Å². The molecule has 0 radical (unpaired) electrons. The fourth-order valence-corrected chi connectivity index (χ4v) is 4.15. The molecule has 25 heavy (non-hydrogen) atoms. The van der Waals surface area contributed by atoms with Crippen LogP contribution in [-0.4, -0.2) is 54.9 Å². The summed E-state index contributed by atoms with van der Waals surface area (Å²) in [6.07, 6.45) is 4.92. The zero-order valence-corrected chi connectivity index (χ0v) is 15.6. The Bertz CT molecular complexity index is 687. The van der Waals surface area contributed by atoms with Crippen molar-refractivity contribution in [2.24, 2.45) is 5.73 Å². The third kappa shape index (κ3) is 5.07. The lowest BCUT2D eigenvalue weighted by atomic mass is 9.93. The van der Waals surface area contributed by atoms with Gasteiger partial charge in [-0.15, -0.1) is 0 Å². The van der Waals surface area contributed by atoms with E-state index >= 15 is 0 Å². The first kappa shape index (κ1) is 20.0. The molecule has 0 bridgehead atoms. The molecule has 0 aromatic heterocycles. The van der Waals surface area contributed by atoms with Gasteiger partial charge >= 0.3 is 0 Å². The average molecular weight is 372 g/mol. The van der Waals surface area contributed by atoms with Crippen molar-refractivity contribution in [3.05, 3.63) is 23.3 Å². The summed E-state index contributed by atoms with van der Waals surface area (Å²) in [6, 6.07) is 3.23. The Morgan fingerprint density at radius 2 is 1.88 bits per heavy atom. The number of piperidine rings is 1. The minimum Gasteiger partial charge on any atom is -0.504 e. The largest absolute Gasteiger partial charge is 0.504 e. The molecular formula is C17H28N2O5S. The maximum atomic E-state index is 10.9. The SMILES string of the molecule is CC1Cc2c(ccc(O)c2O)C(CN)O1.CS(=O)(=O)N1CCCCC1. The van der Waals surface area contributed by atoms with E-state index in [1.165, 1.54) is 18.7 Å². The molecule has 0 saturated carbocycles. The van der Waals surface area contributed by atoms with Gasteiger partial charge in [-0.2, -0.15) is 0 Å². The molecule has 142 valence electrons. The molecule has 0 spiro atoms. The highest BCUT2D eigenvalue weighted by molar-refractivity contribution is 7.88. The highest BCUT2D eigenvalue weighted by atomic mass is 32.2. The summed E-state index contributed by atoms with van der Waals surface area (Å²) in [7, 11) is -2.89. The molecule has 1 aromatic carbocycles. The van der Waals surface area contributed by atoms with E-state index in [0.29, 0.717) is 13.0 Å². The van der Waals surface area contributed by atoms with Gasteiger partial charge in [0.25, 0.3) is 0 Å². The van der Waals surface area contributed by atoms with Gasteiger partial charge in [0.2, 0.25) is 10.0 Å². The van der Waals surface area contributed by atoms with Crippen LogP contribution in [-0.2, 0) is 21.2 Å². The van der Waals surface area contributed by atoms with E-state index in [-0.39, 0.29) is 23.7 Å². The first-order chi connectivity index (χ1) is 11.7. The molecule has 2 aliphatic heterocycles. The van der Waals surface area contributed by atoms with E-state index in [1.54, 1.807) is 10.4 Å². The Labute approximate surface area is 149 Å². The zero-order valence-electron chi connectivity index (χ0n) is 14.8. The maximum Gasteiger partial charge on any atom is 0.211 e. The molecule has 2 atom stereocenters. The number of aromatic hydroxyl groups is 2. The van der Waals surface area contributed by atoms with Crippen LogP contribution in [0.1, 0.15) is 43.4 Å². The number of hydrogen-bond donors (Lipinski definition) is 3. The molecule has 4 N–H and O–H groups in total. The first-order valence-electron chi connectivity index (χ1n) is 8.58. The van der Waals surface area contributed by atoms with E-state index < -0.39 is 10.0 Å². The molecule has 1 fully saturated rings. The lowest BCUT2D eigenvalue weighted by molar-refractivity contribution is -0.0109. The number of phenols is 2. The molecule has 1 saturated heterocycles. The topological polar surface area (TPSA) is 113 Å². The van der Waals surface area contributed by atoms with Crippen LogP contribution in [0, 0.1) is 0 Å². The monoisotopic (exact) mass is 372 g/mol. The fraction of sp³-hybridized carbons (Fsp3) is 0.647. The summed E-state index contributed by atoms with van der Waals surface area (Å²) in [5.41, 5.74) is 7.23. The normalized spacial score (nSPS) is 24.1. The Morgan fingerprint density at radius 3 is 2.40 bits per heavy atom. The first-order valence-corrected chi connectivity index (χ1v) is 10.4. The number of rotatable bonds is 2. The van der Waals surface area contributed by atoms with Gasteiger partial charge in [0, 0.05) is 31.6 Å². The molecule has 0 amide bonds. The van der Waals surface area contributed by atoms with Crippen molar-refractivity contribution in [2.45, 2.75) is 44.8 Å². The lowest BCUT2D eigenvalue weighted by Crippen LogP contribution is -2.34. The summed E-state index contributed by atoms with van der Waals surface area (Å²) in [5.74, 6) is -0.125. The smallest absolute Gasteiger partial charge is 0.211 e. The number of nitrogens with two attached hydrogens (primary N) is 1. The van der Waals surface area contributed by atoms with Crippen molar-refractivity contribution in [2.75, 3.05) is 25.9 Å². The predicted octanol–water partition coefficient (Wildman–Crippen LogP) is 1.49. The second-order valence-corrected chi connectivity index (χ2v) is 8.58. The summed E-state index contributed by atoms with van der Waals surface area (Å²) in [5, 5.41) is 19.1. The molecule has 8 heteroatoms. The van der Waals surface area contributed by atoms with Gasteiger partial charge < -0.3 is 20.7 Å². The standard InChI is InChI=1S/C11H15NO3.C6H13NO2S/c1-6-4-8-7(10(5-12)15-6)2-3-9(13)11(8)14;1-10(8,9)7-5-3-2-4-6-7/h2-3,6,10,13-14H,4-5,12H2,1H3;2-6H2,1H3. The second kappa shape index (κ2) is 8.35. The molecule has 1 aromatic rings. The van der Waals surface area contributed by atoms with Crippen LogP contribution in [0.2, 0.25) is 0 Å². The van der Waals surface area contributed by atoms with Gasteiger partial charge in [-0.05, 0) is 31.4 Å². The molecule has 0 aliphatic carbocycles. The maximum absolute atomic E-state index is 10.9.